The average Bonchev–Trinajstić information content (AvgIpc) is 2.62. The second-order valence-corrected chi connectivity index (χ2v) is 5.90. The van der Waals surface area contributed by atoms with E-state index < -0.39 is 0 Å². The van der Waals surface area contributed by atoms with Crippen molar-refractivity contribution < 1.29 is 0 Å². The van der Waals surface area contributed by atoms with Crippen molar-refractivity contribution in [1.82, 2.24) is 4.98 Å². The Morgan fingerprint density at radius 3 is 2.92 bits per heavy atom. The standard InChI is InChI=1S/C9H14N2S2/c1-6-5-13-8(11-6)9(10)3-4-12-7(9)2/h5,7H,3-4,10H2,1-2H3. The lowest BCUT2D eigenvalue weighted by molar-refractivity contribution is 0.445. The van der Waals surface area contributed by atoms with Crippen LogP contribution in [-0.2, 0) is 5.54 Å². The van der Waals surface area contributed by atoms with Gasteiger partial charge in [0.2, 0.25) is 0 Å². The van der Waals surface area contributed by atoms with Crippen LogP contribution in [-0.4, -0.2) is 16.0 Å². The fourth-order valence-corrected chi connectivity index (χ4v) is 4.05. The van der Waals surface area contributed by atoms with E-state index in [0.717, 1.165) is 22.9 Å². The molecule has 2 unspecified atom stereocenters. The minimum Gasteiger partial charge on any atom is -0.318 e. The highest BCUT2D eigenvalue weighted by Crippen LogP contribution is 2.41. The summed E-state index contributed by atoms with van der Waals surface area (Å²) in [5.41, 5.74) is 7.29. The van der Waals surface area contributed by atoms with Crippen LogP contribution in [0.15, 0.2) is 5.38 Å². The molecule has 1 aliphatic heterocycles. The molecule has 1 aromatic heterocycles. The first-order valence-corrected chi connectivity index (χ1v) is 6.39. The Kier molecular flexibility index (Phi) is 2.38. The first-order chi connectivity index (χ1) is 6.13. The fraction of sp³-hybridized carbons (Fsp3) is 0.667. The van der Waals surface area contributed by atoms with E-state index in [1.165, 1.54) is 0 Å². The van der Waals surface area contributed by atoms with E-state index in [4.69, 9.17) is 5.73 Å². The van der Waals surface area contributed by atoms with Crippen LogP contribution in [0.25, 0.3) is 0 Å². The molecule has 0 aliphatic carbocycles. The zero-order valence-electron chi connectivity index (χ0n) is 7.91. The molecule has 2 heterocycles. The number of aromatic nitrogens is 1. The highest BCUT2D eigenvalue weighted by Gasteiger charge is 2.40. The Balaban J connectivity index is 2.33. The number of hydrogen-bond donors (Lipinski definition) is 1. The molecule has 2 rings (SSSR count). The molecule has 1 aliphatic rings. The molecule has 1 fully saturated rings. The van der Waals surface area contributed by atoms with Crippen LogP contribution < -0.4 is 5.73 Å². The van der Waals surface area contributed by atoms with Crippen molar-refractivity contribution >= 4 is 23.1 Å². The Morgan fingerprint density at radius 1 is 1.69 bits per heavy atom. The second kappa shape index (κ2) is 3.26. The van der Waals surface area contributed by atoms with Crippen LogP contribution >= 0.6 is 23.1 Å². The molecular formula is C9H14N2S2. The summed E-state index contributed by atoms with van der Waals surface area (Å²) >= 11 is 3.65. The number of thioether (sulfide) groups is 1. The molecule has 72 valence electrons. The van der Waals surface area contributed by atoms with Gasteiger partial charge in [0, 0.05) is 16.3 Å². The van der Waals surface area contributed by atoms with Gasteiger partial charge < -0.3 is 5.73 Å². The monoisotopic (exact) mass is 214 g/mol. The molecule has 13 heavy (non-hydrogen) atoms. The molecule has 2 atom stereocenters. The number of nitrogens with two attached hydrogens (primary N) is 1. The number of hydrogen-bond acceptors (Lipinski definition) is 4. The van der Waals surface area contributed by atoms with Crippen molar-refractivity contribution in [2.24, 2.45) is 5.73 Å². The van der Waals surface area contributed by atoms with Crippen molar-refractivity contribution in [1.29, 1.82) is 0 Å². The van der Waals surface area contributed by atoms with E-state index in [-0.39, 0.29) is 5.54 Å². The minimum atomic E-state index is -0.163. The molecule has 0 spiro atoms. The summed E-state index contributed by atoms with van der Waals surface area (Å²) < 4.78 is 0. The maximum atomic E-state index is 6.36. The first kappa shape index (κ1) is 9.49. The maximum Gasteiger partial charge on any atom is 0.114 e. The summed E-state index contributed by atoms with van der Waals surface area (Å²) in [4.78, 5) is 4.50. The molecule has 4 heteroatoms. The molecule has 0 amide bonds. The second-order valence-electron chi connectivity index (χ2n) is 3.60. The Labute approximate surface area is 86.9 Å². The molecule has 1 aromatic rings. The van der Waals surface area contributed by atoms with E-state index in [9.17, 15) is 0 Å². The normalized spacial score (nSPS) is 33.9. The lowest BCUT2D eigenvalue weighted by Gasteiger charge is -2.25. The number of thiazole rings is 1. The molecule has 2 nitrogen and oxygen atoms in total. The van der Waals surface area contributed by atoms with Crippen LogP contribution in [0.2, 0.25) is 0 Å². The third kappa shape index (κ3) is 1.51. The van der Waals surface area contributed by atoms with Crippen molar-refractivity contribution in [3.63, 3.8) is 0 Å². The Morgan fingerprint density at radius 2 is 2.46 bits per heavy atom. The molecular weight excluding hydrogens is 200 g/mol. The first-order valence-electron chi connectivity index (χ1n) is 4.46. The third-order valence-electron chi connectivity index (χ3n) is 2.63. The molecule has 0 bridgehead atoms. The SMILES string of the molecule is Cc1csc(C2(N)CCSC2C)n1. The number of nitrogens with zero attached hydrogens (tertiary/aromatic N) is 1. The fourth-order valence-electron chi connectivity index (χ4n) is 1.61. The maximum absolute atomic E-state index is 6.36. The van der Waals surface area contributed by atoms with Crippen LogP contribution in [0.3, 0.4) is 0 Å². The van der Waals surface area contributed by atoms with E-state index in [1.54, 1.807) is 11.3 Å². The van der Waals surface area contributed by atoms with Gasteiger partial charge in [-0.25, -0.2) is 4.98 Å². The van der Waals surface area contributed by atoms with E-state index >= 15 is 0 Å². The van der Waals surface area contributed by atoms with Crippen molar-refractivity contribution in [2.45, 2.75) is 31.1 Å². The van der Waals surface area contributed by atoms with Gasteiger partial charge in [0.15, 0.2) is 0 Å². The highest BCUT2D eigenvalue weighted by atomic mass is 32.2. The lowest BCUT2D eigenvalue weighted by atomic mass is 9.95. The molecule has 1 saturated heterocycles. The largest absolute Gasteiger partial charge is 0.318 e. The zero-order chi connectivity index (χ0) is 9.47. The zero-order valence-corrected chi connectivity index (χ0v) is 9.54. The Bertz CT molecular complexity index is 310. The van der Waals surface area contributed by atoms with Crippen LogP contribution in [0.1, 0.15) is 24.0 Å². The van der Waals surface area contributed by atoms with Crippen LogP contribution in [0, 0.1) is 6.92 Å². The molecule has 0 radical (unpaired) electrons. The van der Waals surface area contributed by atoms with Gasteiger partial charge >= 0.3 is 0 Å². The summed E-state index contributed by atoms with van der Waals surface area (Å²) in [5, 5.41) is 3.69. The van der Waals surface area contributed by atoms with Gasteiger partial charge in [-0.2, -0.15) is 11.8 Å². The number of aryl methyl sites for hydroxylation is 1. The average molecular weight is 214 g/mol. The predicted octanol–water partition coefficient (Wildman–Crippen LogP) is 2.13. The topological polar surface area (TPSA) is 38.9 Å². The summed E-state index contributed by atoms with van der Waals surface area (Å²) in [6.45, 7) is 4.23. The quantitative estimate of drug-likeness (QED) is 0.778. The lowest BCUT2D eigenvalue weighted by Crippen LogP contribution is -2.41. The van der Waals surface area contributed by atoms with Gasteiger partial charge in [0.25, 0.3) is 0 Å². The van der Waals surface area contributed by atoms with E-state index in [1.807, 2.05) is 18.7 Å². The third-order valence-corrected chi connectivity index (χ3v) is 5.14. The van der Waals surface area contributed by atoms with Gasteiger partial charge in [-0.15, -0.1) is 11.3 Å². The van der Waals surface area contributed by atoms with Crippen molar-refractivity contribution in [2.75, 3.05) is 5.75 Å². The summed E-state index contributed by atoms with van der Waals surface area (Å²) in [5.74, 6) is 1.16. The smallest absolute Gasteiger partial charge is 0.114 e. The van der Waals surface area contributed by atoms with Gasteiger partial charge in [0.1, 0.15) is 5.01 Å². The van der Waals surface area contributed by atoms with Crippen molar-refractivity contribution in [3.05, 3.63) is 16.1 Å². The predicted molar refractivity (Wildman–Crippen MR) is 59.3 cm³/mol. The summed E-state index contributed by atoms with van der Waals surface area (Å²) in [7, 11) is 0. The van der Waals surface area contributed by atoms with Gasteiger partial charge in [0.05, 0.1) is 5.54 Å². The van der Waals surface area contributed by atoms with Gasteiger partial charge in [-0.3, -0.25) is 0 Å². The molecule has 2 N–H and O–H groups in total. The van der Waals surface area contributed by atoms with Crippen LogP contribution in [0.5, 0.6) is 0 Å². The van der Waals surface area contributed by atoms with E-state index in [2.05, 4.69) is 17.3 Å². The summed E-state index contributed by atoms with van der Waals surface area (Å²) in [6.07, 6.45) is 1.06. The van der Waals surface area contributed by atoms with Crippen molar-refractivity contribution in [3.8, 4) is 0 Å². The minimum absolute atomic E-state index is 0.163. The van der Waals surface area contributed by atoms with Gasteiger partial charge in [-0.1, -0.05) is 6.92 Å². The van der Waals surface area contributed by atoms with Crippen LogP contribution in [0.4, 0.5) is 0 Å². The molecule has 0 aromatic carbocycles. The van der Waals surface area contributed by atoms with E-state index in [0.29, 0.717) is 5.25 Å². The number of rotatable bonds is 1. The summed E-state index contributed by atoms with van der Waals surface area (Å²) in [6, 6.07) is 0. The molecule has 0 saturated carbocycles. The van der Waals surface area contributed by atoms with Gasteiger partial charge in [-0.05, 0) is 19.1 Å². The highest BCUT2D eigenvalue weighted by molar-refractivity contribution is 8.00. The Hall–Kier alpha value is -0.0600.